The molecule has 1 aromatic carbocycles. The van der Waals surface area contributed by atoms with Crippen LogP contribution in [-0.4, -0.2) is 44.8 Å². The molecule has 1 saturated heterocycles. The molecule has 1 fully saturated rings. The maximum Gasteiger partial charge on any atom is 0.127 e. The first-order chi connectivity index (χ1) is 8.68. The summed E-state index contributed by atoms with van der Waals surface area (Å²) in [6, 6.07) is 7.04. The van der Waals surface area contributed by atoms with Crippen molar-refractivity contribution >= 4 is 0 Å². The van der Waals surface area contributed by atoms with Crippen LogP contribution in [0.1, 0.15) is 18.0 Å². The van der Waals surface area contributed by atoms with Gasteiger partial charge in [-0.3, -0.25) is 0 Å². The minimum Gasteiger partial charge on any atom is -0.376 e. The maximum absolute atomic E-state index is 13.9. The van der Waals surface area contributed by atoms with Crippen molar-refractivity contribution in [3.8, 4) is 0 Å². The molecule has 0 spiro atoms. The summed E-state index contributed by atoms with van der Waals surface area (Å²) in [4.78, 5) is 2.05. The standard InChI is InChI=1S/C14H21FN2O/c1-17(2)14(9-11-10-16-7-8-18-11)12-5-3-4-6-13(12)15/h3-6,11,14,16H,7-10H2,1-2H3. The van der Waals surface area contributed by atoms with E-state index in [0.29, 0.717) is 0 Å². The Balaban J connectivity index is 2.10. The number of morpholine rings is 1. The molecule has 1 N–H and O–H groups in total. The summed E-state index contributed by atoms with van der Waals surface area (Å²) in [6.07, 6.45) is 0.965. The van der Waals surface area contributed by atoms with Gasteiger partial charge >= 0.3 is 0 Å². The Bertz CT molecular complexity index is 378. The van der Waals surface area contributed by atoms with Crippen molar-refractivity contribution in [2.75, 3.05) is 33.8 Å². The maximum atomic E-state index is 13.9. The van der Waals surface area contributed by atoms with Crippen molar-refractivity contribution in [1.29, 1.82) is 0 Å². The van der Waals surface area contributed by atoms with E-state index in [1.54, 1.807) is 6.07 Å². The molecule has 3 nitrogen and oxygen atoms in total. The van der Waals surface area contributed by atoms with E-state index in [1.165, 1.54) is 6.07 Å². The lowest BCUT2D eigenvalue weighted by Crippen LogP contribution is -2.40. The average Bonchev–Trinajstić information content (AvgIpc) is 2.38. The SMILES string of the molecule is CN(C)C(CC1CNCCO1)c1ccccc1F. The van der Waals surface area contributed by atoms with Crippen molar-refractivity contribution in [1.82, 2.24) is 10.2 Å². The van der Waals surface area contributed by atoms with Crippen LogP contribution in [0.3, 0.4) is 0 Å². The lowest BCUT2D eigenvalue weighted by atomic mass is 9.98. The lowest BCUT2D eigenvalue weighted by Gasteiger charge is -2.31. The molecule has 18 heavy (non-hydrogen) atoms. The Hall–Kier alpha value is -0.970. The van der Waals surface area contributed by atoms with Gasteiger partial charge in [0.25, 0.3) is 0 Å². The van der Waals surface area contributed by atoms with Crippen LogP contribution >= 0.6 is 0 Å². The summed E-state index contributed by atoms with van der Waals surface area (Å²) in [5, 5.41) is 3.31. The fourth-order valence-corrected chi connectivity index (χ4v) is 2.38. The molecule has 0 aromatic heterocycles. The van der Waals surface area contributed by atoms with Gasteiger partial charge in [-0.25, -0.2) is 4.39 Å². The number of halogens is 1. The summed E-state index contributed by atoms with van der Waals surface area (Å²) >= 11 is 0. The highest BCUT2D eigenvalue weighted by Crippen LogP contribution is 2.26. The third kappa shape index (κ3) is 3.28. The second-order valence-electron chi connectivity index (χ2n) is 4.93. The number of ether oxygens (including phenoxy) is 1. The molecule has 0 aliphatic carbocycles. The van der Waals surface area contributed by atoms with E-state index in [-0.39, 0.29) is 18.0 Å². The minimum atomic E-state index is -0.139. The first-order valence-corrected chi connectivity index (χ1v) is 6.41. The van der Waals surface area contributed by atoms with Gasteiger partial charge in [-0.1, -0.05) is 18.2 Å². The normalized spacial score (nSPS) is 22.1. The zero-order valence-electron chi connectivity index (χ0n) is 11.0. The molecule has 1 heterocycles. The Labute approximate surface area is 108 Å². The first kappa shape index (κ1) is 13.5. The Morgan fingerprint density at radius 1 is 1.44 bits per heavy atom. The first-order valence-electron chi connectivity index (χ1n) is 6.41. The van der Waals surface area contributed by atoms with E-state index >= 15 is 0 Å². The van der Waals surface area contributed by atoms with Gasteiger partial charge in [-0.05, 0) is 26.6 Å². The second-order valence-corrected chi connectivity index (χ2v) is 4.93. The highest BCUT2D eigenvalue weighted by Gasteiger charge is 2.24. The van der Waals surface area contributed by atoms with Crippen LogP contribution in [0.5, 0.6) is 0 Å². The molecule has 0 amide bonds. The van der Waals surface area contributed by atoms with Crippen LogP contribution in [0, 0.1) is 5.82 Å². The van der Waals surface area contributed by atoms with Crippen molar-refractivity contribution in [2.45, 2.75) is 18.6 Å². The molecular weight excluding hydrogens is 231 g/mol. The monoisotopic (exact) mass is 252 g/mol. The van der Waals surface area contributed by atoms with E-state index in [0.717, 1.165) is 31.7 Å². The largest absolute Gasteiger partial charge is 0.376 e. The molecule has 2 rings (SSSR count). The quantitative estimate of drug-likeness (QED) is 0.884. The molecule has 1 aromatic rings. The number of nitrogens with zero attached hydrogens (tertiary/aromatic N) is 1. The molecule has 0 bridgehead atoms. The highest BCUT2D eigenvalue weighted by molar-refractivity contribution is 5.21. The van der Waals surface area contributed by atoms with E-state index < -0.39 is 0 Å². The van der Waals surface area contributed by atoms with Gasteiger partial charge in [0.2, 0.25) is 0 Å². The average molecular weight is 252 g/mol. The summed E-state index contributed by atoms with van der Waals surface area (Å²) in [5.74, 6) is -0.139. The lowest BCUT2D eigenvalue weighted by molar-refractivity contribution is 0.00859. The van der Waals surface area contributed by atoms with Gasteiger partial charge in [0.15, 0.2) is 0 Å². The van der Waals surface area contributed by atoms with Crippen LogP contribution in [0.25, 0.3) is 0 Å². The zero-order valence-corrected chi connectivity index (χ0v) is 11.0. The molecule has 1 aliphatic heterocycles. The molecule has 0 radical (unpaired) electrons. The Kier molecular flexibility index (Phi) is 4.69. The number of rotatable bonds is 4. The Morgan fingerprint density at radius 2 is 2.22 bits per heavy atom. The molecule has 0 saturated carbocycles. The van der Waals surface area contributed by atoms with Gasteiger partial charge in [0.05, 0.1) is 12.7 Å². The predicted molar refractivity (Wildman–Crippen MR) is 70.1 cm³/mol. The smallest absolute Gasteiger partial charge is 0.127 e. The number of nitrogens with one attached hydrogen (secondary N) is 1. The topological polar surface area (TPSA) is 24.5 Å². The molecule has 2 unspecified atom stereocenters. The third-order valence-corrected chi connectivity index (χ3v) is 3.38. The van der Waals surface area contributed by atoms with Gasteiger partial charge in [0, 0.05) is 24.7 Å². The van der Waals surface area contributed by atoms with Crippen molar-refractivity contribution in [2.24, 2.45) is 0 Å². The van der Waals surface area contributed by atoms with Crippen LogP contribution in [-0.2, 0) is 4.74 Å². The molecule has 1 aliphatic rings. The van der Waals surface area contributed by atoms with Crippen LogP contribution in [0.2, 0.25) is 0 Å². The molecule has 4 heteroatoms. The van der Waals surface area contributed by atoms with Gasteiger partial charge in [-0.15, -0.1) is 0 Å². The van der Waals surface area contributed by atoms with Crippen LogP contribution in [0.4, 0.5) is 4.39 Å². The molecule has 100 valence electrons. The van der Waals surface area contributed by atoms with Crippen LogP contribution < -0.4 is 5.32 Å². The summed E-state index contributed by atoms with van der Waals surface area (Å²) in [7, 11) is 3.96. The van der Waals surface area contributed by atoms with Gasteiger partial charge in [0.1, 0.15) is 5.82 Å². The van der Waals surface area contributed by atoms with Crippen molar-refractivity contribution in [3.05, 3.63) is 35.6 Å². The number of hydrogen-bond acceptors (Lipinski definition) is 3. The summed E-state index contributed by atoms with van der Waals surface area (Å²) in [5.41, 5.74) is 0.747. The van der Waals surface area contributed by atoms with E-state index in [1.807, 2.05) is 26.2 Å². The van der Waals surface area contributed by atoms with Crippen molar-refractivity contribution < 1.29 is 9.13 Å². The third-order valence-electron chi connectivity index (χ3n) is 3.38. The minimum absolute atomic E-state index is 0.0519. The second kappa shape index (κ2) is 6.27. The van der Waals surface area contributed by atoms with Crippen molar-refractivity contribution in [3.63, 3.8) is 0 Å². The zero-order chi connectivity index (χ0) is 13.0. The predicted octanol–water partition coefficient (Wildman–Crippen LogP) is 1.81. The van der Waals surface area contributed by atoms with E-state index in [4.69, 9.17) is 4.74 Å². The number of benzene rings is 1. The number of hydrogen-bond donors (Lipinski definition) is 1. The molecular formula is C14H21FN2O. The van der Waals surface area contributed by atoms with E-state index in [9.17, 15) is 4.39 Å². The van der Waals surface area contributed by atoms with E-state index in [2.05, 4.69) is 10.2 Å². The van der Waals surface area contributed by atoms with Crippen LogP contribution in [0.15, 0.2) is 24.3 Å². The summed E-state index contributed by atoms with van der Waals surface area (Å²) < 4.78 is 19.6. The molecule has 2 atom stereocenters. The Morgan fingerprint density at radius 3 is 2.83 bits per heavy atom. The fraction of sp³-hybridized carbons (Fsp3) is 0.571. The summed E-state index contributed by atoms with van der Waals surface area (Å²) in [6.45, 7) is 2.49. The fourth-order valence-electron chi connectivity index (χ4n) is 2.38. The van der Waals surface area contributed by atoms with Gasteiger partial charge < -0.3 is 15.0 Å². The van der Waals surface area contributed by atoms with Gasteiger partial charge in [-0.2, -0.15) is 0 Å². The highest BCUT2D eigenvalue weighted by atomic mass is 19.1.